The van der Waals surface area contributed by atoms with Gasteiger partial charge in [0, 0.05) is 20.1 Å². The number of hydrogen-bond acceptors (Lipinski definition) is 3. The molecule has 1 aromatic rings. The molecule has 17 heavy (non-hydrogen) atoms. The first-order valence-corrected chi connectivity index (χ1v) is 7.29. The lowest BCUT2D eigenvalue weighted by Crippen LogP contribution is -2.35. The number of aryl methyl sites for hydroxylation is 1. The molecule has 0 aliphatic rings. The van der Waals surface area contributed by atoms with Crippen LogP contribution in [0.3, 0.4) is 0 Å². The van der Waals surface area contributed by atoms with Gasteiger partial charge in [0.15, 0.2) is 0 Å². The molecular weight excluding hydrogens is 262 g/mol. The third-order valence-corrected chi connectivity index (χ3v) is 5.25. The summed E-state index contributed by atoms with van der Waals surface area (Å²) in [5.74, 6) is 0. The Morgan fingerprint density at radius 1 is 1.59 bits per heavy atom. The van der Waals surface area contributed by atoms with Crippen molar-refractivity contribution in [2.75, 3.05) is 7.05 Å². The molecule has 1 atom stereocenters. The molecule has 0 spiro atoms. The molecule has 0 saturated heterocycles. The molecule has 5 nitrogen and oxygen atoms in total. The highest BCUT2D eigenvalue weighted by Crippen LogP contribution is 2.23. The molecule has 7 heteroatoms. The van der Waals surface area contributed by atoms with E-state index in [1.165, 1.54) is 15.2 Å². The number of sulfonamides is 1. The molecule has 0 radical (unpaired) electrons. The van der Waals surface area contributed by atoms with Crippen LogP contribution in [-0.2, 0) is 17.1 Å². The minimum Gasteiger partial charge on any atom is -0.324 e. The second-order valence-electron chi connectivity index (χ2n) is 4.11. The minimum absolute atomic E-state index is 0.0666. The average molecular weight is 280 g/mol. The first-order chi connectivity index (χ1) is 7.82. The maximum Gasteiger partial charge on any atom is 0.263 e. The van der Waals surface area contributed by atoms with E-state index in [0.29, 0.717) is 0 Å². The molecule has 0 unspecified atom stereocenters. The van der Waals surface area contributed by atoms with Crippen molar-refractivity contribution in [1.29, 1.82) is 0 Å². The van der Waals surface area contributed by atoms with Crippen LogP contribution >= 0.6 is 11.6 Å². The van der Waals surface area contributed by atoms with E-state index >= 15 is 0 Å². The molecule has 1 heterocycles. The summed E-state index contributed by atoms with van der Waals surface area (Å²) in [6.07, 6.45) is 3.13. The van der Waals surface area contributed by atoms with Crippen LogP contribution < -0.4 is 0 Å². The van der Waals surface area contributed by atoms with Crippen molar-refractivity contribution < 1.29 is 8.42 Å². The summed E-state index contributed by atoms with van der Waals surface area (Å²) in [6, 6.07) is -0.0666. The van der Waals surface area contributed by atoms with Crippen LogP contribution in [0.25, 0.3) is 0 Å². The lowest BCUT2D eigenvalue weighted by Gasteiger charge is -2.22. The Morgan fingerprint density at radius 3 is 2.59 bits per heavy atom. The van der Waals surface area contributed by atoms with Crippen molar-refractivity contribution in [2.24, 2.45) is 7.05 Å². The number of halogens is 1. The van der Waals surface area contributed by atoms with Crippen molar-refractivity contribution in [1.82, 2.24) is 13.9 Å². The van der Waals surface area contributed by atoms with E-state index in [1.807, 2.05) is 13.8 Å². The van der Waals surface area contributed by atoms with Gasteiger partial charge < -0.3 is 4.57 Å². The molecule has 0 amide bonds. The van der Waals surface area contributed by atoms with Gasteiger partial charge in [0.2, 0.25) is 5.03 Å². The van der Waals surface area contributed by atoms with E-state index in [0.717, 1.165) is 12.8 Å². The smallest absolute Gasteiger partial charge is 0.263 e. The van der Waals surface area contributed by atoms with Gasteiger partial charge in [-0.3, -0.25) is 0 Å². The second kappa shape index (κ2) is 5.37. The van der Waals surface area contributed by atoms with Crippen molar-refractivity contribution in [3.8, 4) is 0 Å². The molecule has 0 aliphatic carbocycles. The topological polar surface area (TPSA) is 55.2 Å². The van der Waals surface area contributed by atoms with Gasteiger partial charge in [0.1, 0.15) is 5.15 Å². The summed E-state index contributed by atoms with van der Waals surface area (Å²) >= 11 is 5.91. The molecule has 0 aromatic carbocycles. The van der Waals surface area contributed by atoms with Crippen LogP contribution in [0.1, 0.15) is 26.7 Å². The molecule has 0 saturated carbocycles. The summed E-state index contributed by atoms with van der Waals surface area (Å²) in [5.41, 5.74) is 0. The summed E-state index contributed by atoms with van der Waals surface area (Å²) in [4.78, 5) is 3.85. The van der Waals surface area contributed by atoms with Crippen LogP contribution in [0, 0.1) is 0 Å². The number of imidazole rings is 1. The van der Waals surface area contributed by atoms with Gasteiger partial charge in [0.25, 0.3) is 10.0 Å². The third kappa shape index (κ3) is 2.81. The Bertz CT molecular complexity index is 484. The molecular formula is C10H18ClN3O2S. The van der Waals surface area contributed by atoms with Gasteiger partial charge in [0.05, 0.1) is 6.33 Å². The maximum atomic E-state index is 12.2. The van der Waals surface area contributed by atoms with Crippen LogP contribution in [0.2, 0.25) is 5.15 Å². The van der Waals surface area contributed by atoms with Crippen molar-refractivity contribution in [2.45, 2.75) is 37.8 Å². The first-order valence-electron chi connectivity index (χ1n) is 5.47. The summed E-state index contributed by atoms with van der Waals surface area (Å²) < 4.78 is 27.3. The lowest BCUT2D eigenvalue weighted by molar-refractivity contribution is 0.367. The van der Waals surface area contributed by atoms with Gasteiger partial charge in [-0.15, -0.1) is 0 Å². The average Bonchev–Trinajstić information content (AvgIpc) is 2.59. The standard InChI is InChI=1S/C10H18ClN3O2S/c1-5-6-8(2)14(4)17(15,16)10-9(11)13(3)7-12-10/h7-8H,5-6H2,1-4H3/t8-/m1/s1. The van der Waals surface area contributed by atoms with E-state index < -0.39 is 10.0 Å². The molecule has 0 fully saturated rings. The SMILES string of the molecule is CCC[C@@H](C)N(C)S(=O)(=O)c1ncn(C)c1Cl. The van der Waals surface area contributed by atoms with Crippen LogP contribution in [0.4, 0.5) is 0 Å². The fourth-order valence-corrected chi connectivity index (χ4v) is 3.31. The Kier molecular flexibility index (Phi) is 4.57. The number of aromatic nitrogens is 2. The van der Waals surface area contributed by atoms with Crippen molar-refractivity contribution in [3.63, 3.8) is 0 Å². The monoisotopic (exact) mass is 279 g/mol. The van der Waals surface area contributed by atoms with Gasteiger partial charge in [-0.1, -0.05) is 24.9 Å². The molecule has 0 aliphatic heterocycles. The van der Waals surface area contributed by atoms with Gasteiger partial charge in [-0.2, -0.15) is 4.31 Å². The Morgan fingerprint density at radius 2 is 2.18 bits per heavy atom. The third-order valence-electron chi connectivity index (χ3n) is 2.78. The Hall–Kier alpha value is -0.590. The highest BCUT2D eigenvalue weighted by atomic mass is 35.5. The number of rotatable bonds is 5. The summed E-state index contributed by atoms with van der Waals surface area (Å²) in [5, 5.41) is 0.0627. The first kappa shape index (κ1) is 14.5. The van der Waals surface area contributed by atoms with Gasteiger partial charge in [-0.05, 0) is 13.3 Å². The van der Waals surface area contributed by atoms with E-state index in [4.69, 9.17) is 11.6 Å². The number of hydrogen-bond donors (Lipinski definition) is 0. The fourth-order valence-electron chi connectivity index (χ4n) is 1.54. The van der Waals surface area contributed by atoms with Crippen LogP contribution in [0.15, 0.2) is 11.4 Å². The highest BCUT2D eigenvalue weighted by molar-refractivity contribution is 7.89. The van der Waals surface area contributed by atoms with Crippen molar-refractivity contribution >= 4 is 21.6 Å². The normalized spacial score (nSPS) is 14.2. The maximum absolute atomic E-state index is 12.2. The van der Waals surface area contributed by atoms with Crippen LogP contribution in [-0.4, -0.2) is 35.4 Å². The molecule has 98 valence electrons. The zero-order chi connectivity index (χ0) is 13.2. The Labute approximate surface area is 107 Å². The summed E-state index contributed by atoms with van der Waals surface area (Å²) in [7, 11) is -0.388. The van der Waals surface area contributed by atoms with Gasteiger partial charge >= 0.3 is 0 Å². The van der Waals surface area contributed by atoms with E-state index in [-0.39, 0.29) is 16.2 Å². The molecule has 1 rings (SSSR count). The zero-order valence-electron chi connectivity index (χ0n) is 10.5. The van der Waals surface area contributed by atoms with E-state index in [2.05, 4.69) is 4.98 Å². The fraction of sp³-hybridized carbons (Fsp3) is 0.700. The predicted molar refractivity (Wildman–Crippen MR) is 67.5 cm³/mol. The quantitative estimate of drug-likeness (QED) is 0.827. The summed E-state index contributed by atoms with van der Waals surface area (Å²) in [6.45, 7) is 3.89. The Balaban J connectivity index is 3.07. The number of nitrogens with zero attached hydrogens (tertiary/aromatic N) is 3. The molecule has 1 aromatic heterocycles. The zero-order valence-corrected chi connectivity index (χ0v) is 12.1. The van der Waals surface area contributed by atoms with Crippen LogP contribution in [0.5, 0.6) is 0 Å². The largest absolute Gasteiger partial charge is 0.324 e. The lowest BCUT2D eigenvalue weighted by atomic mass is 10.2. The molecule has 0 bridgehead atoms. The predicted octanol–water partition coefficient (Wildman–Crippen LogP) is 1.88. The van der Waals surface area contributed by atoms with Gasteiger partial charge in [-0.25, -0.2) is 13.4 Å². The molecule has 0 N–H and O–H groups in total. The second-order valence-corrected chi connectivity index (χ2v) is 6.38. The van der Waals surface area contributed by atoms with E-state index in [9.17, 15) is 8.42 Å². The van der Waals surface area contributed by atoms with E-state index in [1.54, 1.807) is 14.1 Å². The van der Waals surface area contributed by atoms with Crippen molar-refractivity contribution in [3.05, 3.63) is 11.5 Å². The minimum atomic E-state index is -3.60. The highest BCUT2D eigenvalue weighted by Gasteiger charge is 2.29.